The molecule has 0 fully saturated rings. The fraction of sp³-hybridized carbons (Fsp3) is 0.333. The Balaban J connectivity index is 2.21. The summed E-state index contributed by atoms with van der Waals surface area (Å²) in [5.41, 5.74) is 0.843. The number of pyridine rings is 1. The van der Waals surface area contributed by atoms with Gasteiger partial charge in [0.25, 0.3) is 5.91 Å². The van der Waals surface area contributed by atoms with E-state index >= 15 is 0 Å². The number of hydrogen-bond acceptors (Lipinski definition) is 5. The Morgan fingerprint density at radius 3 is 2.50 bits per heavy atom. The molecule has 24 heavy (non-hydrogen) atoms. The molecule has 1 aromatic carbocycles. The molecule has 126 valence electrons. The third-order valence-corrected chi connectivity index (χ3v) is 3.21. The first kappa shape index (κ1) is 17.6. The fourth-order valence-electron chi connectivity index (χ4n) is 2.19. The molecule has 1 N–H and O–H groups in total. The second-order valence-electron chi connectivity index (χ2n) is 6.42. The van der Waals surface area contributed by atoms with Crippen LogP contribution in [0.5, 0.6) is 0 Å². The molecule has 0 aliphatic carbocycles. The molecular formula is C18H20N2O4. The molecule has 0 saturated carbocycles. The molecule has 1 amide bonds. The Labute approximate surface area is 140 Å². The molecule has 1 aromatic heterocycles. The normalized spacial score (nSPS) is 11.2. The van der Waals surface area contributed by atoms with E-state index in [4.69, 9.17) is 4.74 Å². The van der Waals surface area contributed by atoms with Crippen LogP contribution in [0, 0.1) is 0 Å². The Morgan fingerprint density at radius 2 is 1.88 bits per heavy atom. The molecule has 0 atom stereocenters. The highest BCUT2D eigenvalue weighted by atomic mass is 16.6. The molecule has 1 heterocycles. The minimum Gasteiger partial charge on any atom is -0.459 e. The van der Waals surface area contributed by atoms with Gasteiger partial charge in [0.1, 0.15) is 12.1 Å². The Bertz CT molecular complexity index is 806. The average Bonchev–Trinajstić information content (AvgIpc) is 2.49. The van der Waals surface area contributed by atoms with E-state index in [0.717, 1.165) is 0 Å². The highest BCUT2D eigenvalue weighted by Gasteiger charge is 2.18. The number of benzene rings is 1. The summed E-state index contributed by atoms with van der Waals surface area (Å²) in [6, 6.07) is 6.54. The molecule has 0 saturated heterocycles. The standard InChI is InChI=1S/C18H20N2O4/c1-11(21)12-5-6-15-14(9-12)13(7-8-19-15)17(23)20-10-16(22)24-18(2,3)4/h5-9H,10H2,1-4H3,(H,20,23). The summed E-state index contributed by atoms with van der Waals surface area (Å²) in [6.07, 6.45) is 1.51. The van der Waals surface area contributed by atoms with Crippen molar-refractivity contribution < 1.29 is 19.1 Å². The summed E-state index contributed by atoms with van der Waals surface area (Å²) in [5.74, 6) is -1.03. The maximum atomic E-state index is 12.4. The van der Waals surface area contributed by atoms with E-state index in [1.165, 1.54) is 13.1 Å². The van der Waals surface area contributed by atoms with E-state index in [9.17, 15) is 14.4 Å². The lowest BCUT2D eigenvalue weighted by Crippen LogP contribution is -2.34. The molecule has 0 radical (unpaired) electrons. The number of aromatic nitrogens is 1. The second-order valence-corrected chi connectivity index (χ2v) is 6.42. The maximum Gasteiger partial charge on any atom is 0.325 e. The minimum absolute atomic E-state index is 0.0964. The number of carbonyl (C=O) groups is 3. The van der Waals surface area contributed by atoms with Crippen LogP contribution in [-0.4, -0.2) is 34.8 Å². The van der Waals surface area contributed by atoms with Gasteiger partial charge < -0.3 is 10.1 Å². The second kappa shape index (κ2) is 6.78. The molecule has 0 aliphatic rings. The lowest BCUT2D eigenvalue weighted by molar-refractivity contribution is -0.153. The molecule has 2 aromatic rings. The van der Waals surface area contributed by atoms with Gasteiger partial charge in [0.05, 0.1) is 11.1 Å². The molecule has 6 nitrogen and oxygen atoms in total. The number of ether oxygens (including phenoxy) is 1. The smallest absolute Gasteiger partial charge is 0.325 e. The summed E-state index contributed by atoms with van der Waals surface area (Å²) in [7, 11) is 0. The molecule has 0 spiro atoms. The van der Waals surface area contributed by atoms with Crippen molar-refractivity contribution in [2.75, 3.05) is 6.54 Å². The van der Waals surface area contributed by atoms with Crippen molar-refractivity contribution >= 4 is 28.6 Å². The van der Waals surface area contributed by atoms with E-state index in [1.807, 2.05) is 0 Å². The minimum atomic E-state index is -0.610. The fourth-order valence-corrected chi connectivity index (χ4v) is 2.19. The van der Waals surface area contributed by atoms with Gasteiger partial charge in [0.2, 0.25) is 0 Å². The number of fused-ring (bicyclic) bond motifs is 1. The van der Waals surface area contributed by atoms with Crippen LogP contribution in [0.25, 0.3) is 10.9 Å². The summed E-state index contributed by atoms with van der Waals surface area (Å²) in [5, 5.41) is 3.10. The number of carbonyl (C=O) groups excluding carboxylic acids is 3. The van der Waals surface area contributed by atoms with Gasteiger partial charge >= 0.3 is 5.97 Å². The highest BCUT2D eigenvalue weighted by Crippen LogP contribution is 2.19. The van der Waals surface area contributed by atoms with Gasteiger partial charge in [0, 0.05) is 17.1 Å². The average molecular weight is 328 g/mol. The maximum absolute atomic E-state index is 12.4. The van der Waals surface area contributed by atoms with Crippen molar-refractivity contribution in [1.82, 2.24) is 10.3 Å². The Hall–Kier alpha value is -2.76. The van der Waals surface area contributed by atoms with Gasteiger partial charge in [-0.2, -0.15) is 0 Å². The third-order valence-electron chi connectivity index (χ3n) is 3.21. The topological polar surface area (TPSA) is 85.4 Å². The third kappa shape index (κ3) is 4.38. The van der Waals surface area contributed by atoms with Crippen molar-refractivity contribution in [3.05, 3.63) is 41.6 Å². The largest absolute Gasteiger partial charge is 0.459 e. The van der Waals surface area contributed by atoms with Crippen LogP contribution in [0.3, 0.4) is 0 Å². The molecular weight excluding hydrogens is 308 g/mol. The van der Waals surface area contributed by atoms with E-state index in [2.05, 4.69) is 10.3 Å². The molecule has 0 aliphatic heterocycles. The van der Waals surface area contributed by atoms with E-state index < -0.39 is 17.5 Å². The number of nitrogens with zero attached hydrogens (tertiary/aromatic N) is 1. The molecule has 0 unspecified atom stereocenters. The Kier molecular flexibility index (Phi) is 4.97. The Morgan fingerprint density at radius 1 is 1.17 bits per heavy atom. The zero-order chi connectivity index (χ0) is 17.9. The van der Waals surface area contributed by atoms with Gasteiger partial charge in [-0.15, -0.1) is 0 Å². The summed E-state index contributed by atoms with van der Waals surface area (Å²) >= 11 is 0. The molecule has 0 bridgehead atoms. The molecule has 2 rings (SSSR count). The number of nitrogens with one attached hydrogen (secondary N) is 1. The number of esters is 1. The lowest BCUT2D eigenvalue weighted by atomic mass is 10.0. The summed E-state index contributed by atoms with van der Waals surface area (Å²) in [6.45, 7) is 6.50. The summed E-state index contributed by atoms with van der Waals surface area (Å²) < 4.78 is 5.15. The van der Waals surface area contributed by atoms with Crippen LogP contribution < -0.4 is 5.32 Å². The van der Waals surface area contributed by atoms with E-state index in [1.54, 1.807) is 45.0 Å². The van der Waals surface area contributed by atoms with Gasteiger partial charge in [-0.25, -0.2) is 0 Å². The van der Waals surface area contributed by atoms with Crippen LogP contribution in [0.15, 0.2) is 30.5 Å². The van der Waals surface area contributed by atoms with Crippen molar-refractivity contribution in [2.24, 2.45) is 0 Å². The number of ketones is 1. The predicted octanol–water partition coefficient (Wildman–Crippen LogP) is 2.51. The zero-order valence-corrected chi connectivity index (χ0v) is 14.2. The van der Waals surface area contributed by atoms with Gasteiger partial charge in [-0.3, -0.25) is 19.4 Å². The van der Waals surface area contributed by atoms with Gasteiger partial charge in [0.15, 0.2) is 5.78 Å². The van der Waals surface area contributed by atoms with Crippen LogP contribution in [-0.2, 0) is 9.53 Å². The number of rotatable bonds is 4. The van der Waals surface area contributed by atoms with Gasteiger partial charge in [-0.05, 0) is 52.0 Å². The van der Waals surface area contributed by atoms with E-state index in [0.29, 0.717) is 22.0 Å². The van der Waals surface area contributed by atoms with Crippen molar-refractivity contribution in [3.63, 3.8) is 0 Å². The van der Waals surface area contributed by atoms with Gasteiger partial charge in [-0.1, -0.05) is 0 Å². The first-order chi connectivity index (χ1) is 11.2. The first-order valence-electron chi connectivity index (χ1n) is 7.57. The van der Waals surface area contributed by atoms with Crippen molar-refractivity contribution in [3.8, 4) is 0 Å². The van der Waals surface area contributed by atoms with Crippen molar-refractivity contribution in [1.29, 1.82) is 0 Å². The zero-order valence-electron chi connectivity index (χ0n) is 14.2. The lowest BCUT2D eigenvalue weighted by Gasteiger charge is -2.19. The van der Waals surface area contributed by atoms with Crippen LogP contribution in [0.2, 0.25) is 0 Å². The van der Waals surface area contributed by atoms with E-state index in [-0.39, 0.29) is 12.3 Å². The highest BCUT2D eigenvalue weighted by molar-refractivity contribution is 6.08. The monoisotopic (exact) mass is 328 g/mol. The molecule has 6 heteroatoms. The SMILES string of the molecule is CC(=O)c1ccc2nccc(C(=O)NCC(=O)OC(C)(C)C)c2c1. The number of amides is 1. The van der Waals surface area contributed by atoms with Crippen molar-refractivity contribution in [2.45, 2.75) is 33.3 Å². The quantitative estimate of drug-likeness (QED) is 0.688. The number of Topliss-reactive ketones (excluding diaryl/α,β-unsaturated/α-hetero) is 1. The number of hydrogen-bond donors (Lipinski definition) is 1. The van der Waals surface area contributed by atoms with Crippen LogP contribution in [0.4, 0.5) is 0 Å². The first-order valence-corrected chi connectivity index (χ1v) is 7.57. The summed E-state index contributed by atoms with van der Waals surface area (Å²) in [4.78, 5) is 39.8. The predicted molar refractivity (Wildman–Crippen MR) is 89.9 cm³/mol. The van der Waals surface area contributed by atoms with Crippen LogP contribution >= 0.6 is 0 Å². The van der Waals surface area contributed by atoms with Crippen LogP contribution in [0.1, 0.15) is 48.4 Å².